The Morgan fingerprint density at radius 2 is 2.00 bits per heavy atom. The standard InChI is InChI=1S/C13H14Cl2N2S/c1-8-2-5-13(18-8)12(17-16)7-9-3-4-10(14)11(15)6-9/h2-6,12,17H,7,16H2,1H3. The van der Waals surface area contributed by atoms with Crippen LogP contribution in [0.15, 0.2) is 30.3 Å². The zero-order chi connectivity index (χ0) is 13.1. The van der Waals surface area contributed by atoms with Gasteiger partial charge in [0, 0.05) is 9.75 Å². The average Bonchev–Trinajstić information content (AvgIpc) is 2.77. The molecule has 96 valence electrons. The highest BCUT2D eigenvalue weighted by Crippen LogP contribution is 2.28. The molecule has 0 radical (unpaired) electrons. The Hall–Kier alpha value is -0.580. The van der Waals surface area contributed by atoms with Gasteiger partial charge < -0.3 is 0 Å². The molecule has 1 unspecified atom stereocenters. The Balaban J connectivity index is 2.17. The van der Waals surface area contributed by atoms with Gasteiger partial charge in [0.25, 0.3) is 0 Å². The van der Waals surface area contributed by atoms with Crippen LogP contribution in [-0.4, -0.2) is 0 Å². The Kier molecular flexibility index (Phi) is 4.65. The van der Waals surface area contributed by atoms with Gasteiger partial charge in [-0.3, -0.25) is 11.3 Å². The number of hydrogen-bond donors (Lipinski definition) is 2. The predicted octanol–water partition coefficient (Wildman–Crippen LogP) is 4.11. The summed E-state index contributed by atoms with van der Waals surface area (Å²) in [5, 5.41) is 1.15. The van der Waals surface area contributed by atoms with Crippen LogP contribution in [0, 0.1) is 6.92 Å². The fourth-order valence-corrected chi connectivity index (χ4v) is 3.04. The van der Waals surface area contributed by atoms with Crippen LogP contribution in [0.1, 0.15) is 21.4 Å². The summed E-state index contributed by atoms with van der Waals surface area (Å²) in [4.78, 5) is 2.50. The number of benzene rings is 1. The van der Waals surface area contributed by atoms with Gasteiger partial charge >= 0.3 is 0 Å². The van der Waals surface area contributed by atoms with E-state index in [9.17, 15) is 0 Å². The lowest BCUT2D eigenvalue weighted by molar-refractivity contribution is 0.560. The molecule has 1 atom stereocenters. The second-order valence-corrected chi connectivity index (χ2v) is 6.25. The van der Waals surface area contributed by atoms with E-state index in [-0.39, 0.29) is 6.04 Å². The number of hydrogen-bond acceptors (Lipinski definition) is 3. The molecule has 0 saturated heterocycles. The van der Waals surface area contributed by atoms with Gasteiger partial charge in [0.15, 0.2) is 0 Å². The molecule has 0 fully saturated rings. The molecule has 18 heavy (non-hydrogen) atoms. The Bertz CT molecular complexity index is 540. The minimum absolute atomic E-state index is 0.0981. The van der Waals surface area contributed by atoms with Crippen molar-refractivity contribution in [2.75, 3.05) is 0 Å². The maximum Gasteiger partial charge on any atom is 0.0595 e. The summed E-state index contributed by atoms with van der Waals surface area (Å²) < 4.78 is 0. The van der Waals surface area contributed by atoms with Crippen molar-refractivity contribution in [3.05, 3.63) is 55.7 Å². The van der Waals surface area contributed by atoms with E-state index in [0.29, 0.717) is 10.0 Å². The summed E-state index contributed by atoms with van der Waals surface area (Å²) in [6.45, 7) is 2.08. The third kappa shape index (κ3) is 3.25. The van der Waals surface area contributed by atoms with E-state index >= 15 is 0 Å². The Morgan fingerprint density at radius 1 is 1.22 bits per heavy atom. The molecular weight excluding hydrogens is 287 g/mol. The summed E-state index contributed by atoms with van der Waals surface area (Å²) in [6, 6.07) is 9.96. The Morgan fingerprint density at radius 3 is 2.56 bits per heavy atom. The zero-order valence-corrected chi connectivity index (χ0v) is 12.2. The van der Waals surface area contributed by atoms with Crippen molar-refractivity contribution < 1.29 is 0 Å². The largest absolute Gasteiger partial charge is 0.271 e. The lowest BCUT2D eigenvalue weighted by Gasteiger charge is -2.14. The van der Waals surface area contributed by atoms with Crippen LogP contribution in [0.3, 0.4) is 0 Å². The van der Waals surface area contributed by atoms with E-state index < -0.39 is 0 Å². The topological polar surface area (TPSA) is 38.0 Å². The highest BCUT2D eigenvalue weighted by molar-refractivity contribution is 7.12. The maximum atomic E-state index is 6.01. The first-order valence-electron chi connectivity index (χ1n) is 5.56. The first-order chi connectivity index (χ1) is 8.60. The normalized spacial score (nSPS) is 12.7. The number of hydrazine groups is 1. The second-order valence-electron chi connectivity index (χ2n) is 4.12. The van der Waals surface area contributed by atoms with Crippen molar-refractivity contribution in [1.82, 2.24) is 5.43 Å². The number of thiophene rings is 1. The van der Waals surface area contributed by atoms with Crippen LogP contribution in [-0.2, 0) is 6.42 Å². The van der Waals surface area contributed by atoms with Gasteiger partial charge in [-0.05, 0) is 43.2 Å². The van der Waals surface area contributed by atoms with E-state index in [1.54, 1.807) is 11.3 Å². The van der Waals surface area contributed by atoms with Crippen molar-refractivity contribution in [3.63, 3.8) is 0 Å². The van der Waals surface area contributed by atoms with Gasteiger partial charge in [0.2, 0.25) is 0 Å². The average molecular weight is 301 g/mol. The SMILES string of the molecule is Cc1ccc(C(Cc2ccc(Cl)c(Cl)c2)NN)s1. The van der Waals surface area contributed by atoms with E-state index in [1.165, 1.54) is 9.75 Å². The number of halogens is 2. The van der Waals surface area contributed by atoms with Gasteiger partial charge in [-0.25, -0.2) is 0 Å². The molecule has 0 bridgehead atoms. The molecule has 1 aromatic carbocycles. The van der Waals surface area contributed by atoms with E-state index in [2.05, 4.69) is 24.5 Å². The molecule has 1 heterocycles. The number of nitrogens with one attached hydrogen (secondary N) is 1. The van der Waals surface area contributed by atoms with Crippen LogP contribution in [0.5, 0.6) is 0 Å². The molecule has 0 spiro atoms. The summed E-state index contributed by atoms with van der Waals surface area (Å²) in [5.74, 6) is 5.63. The molecular formula is C13H14Cl2N2S. The summed E-state index contributed by atoms with van der Waals surface area (Å²) >= 11 is 13.7. The molecule has 0 saturated carbocycles. The van der Waals surface area contributed by atoms with Crippen LogP contribution >= 0.6 is 34.5 Å². The minimum Gasteiger partial charge on any atom is -0.271 e. The van der Waals surface area contributed by atoms with Crippen molar-refractivity contribution in [3.8, 4) is 0 Å². The van der Waals surface area contributed by atoms with Gasteiger partial charge in [0.05, 0.1) is 16.1 Å². The minimum atomic E-state index is 0.0981. The second kappa shape index (κ2) is 6.04. The smallest absolute Gasteiger partial charge is 0.0595 e. The summed E-state index contributed by atoms with van der Waals surface area (Å²) in [5.41, 5.74) is 3.96. The summed E-state index contributed by atoms with van der Waals surface area (Å²) in [7, 11) is 0. The molecule has 2 nitrogen and oxygen atoms in total. The highest BCUT2D eigenvalue weighted by Gasteiger charge is 2.13. The van der Waals surface area contributed by atoms with E-state index in [4.69, 9.17) is 29.0 Å². The van der Waals surface area contributed by atoms with Gasteiger partial charge in [0.1, 0.15) is 0 Å². The third-order valence-corrected chi connectivity index (χ3v) is 4.58. The molecule has 2 rings (SSSR count). The quantitative estimate of drug-likeness (QED) is 0.659. The fourth-order valence-electron chi connectivity index (χ4n) is 1.78. The molecule has 0 aliphatic carbocycles. The molecule has 5 heteroatoms. The Labute approximate surface area is 121 Å². The third-order valence-electron chi connectivity index (χ3n) is 2.73. The van der Waals surface area contributed by atoms with Gasteiger partial charge in [-0.2, -0.15) is 0 Å². The van der Waals surface area contributed by atoms with Crippen molar-refractivity contribution in [2.24, 2.45) is 5.84 Å². The van der Waals surface area contributed by atoms with E-state index in [1.807, 2.05) is 18.2 Å². The monoisotopic (exact) mass is 300 g/mol. The molecule has 0 aliphatic rings. The number of aryl methyl sites for hydroxylation is 1. The lowest BCUT2D eigenvalue weighted by atomic mass is 10.1. The van der Waals surface area contributed by atoms with E-state index in [0.717, 1.165) is 12.0 Å². The van der Waals surface area contributed by atoms with Gasteiger partial charge in [-0.15, -0.1) is 11.3 Å². The van der Waals surface area contributed by atoms with Crippen LogP contribution in [0.4, 0.5) is 0 Å². The van der Waals surface area contributed by atoms with Crippen LogP contribution in [0.2, 0.25) is 10.0 Å². The molecule has 3 N–H and O–H groups in total. The van der Waals surface area contributed by atoms with Crippen LogP contribution in [0.25, 0.3) is 0 Å². The molecule has 1 aromatic heterocycles. The van der Waals surface area contributed by atoms with Crippen molar-refractivity contribution in [1.29, 1.82) is 0 Å². The predicted molar refractivity (Wildman–Crippen MR) is 79.3 cm³/mol. The molecule has 0 aliphatic heterocycles. The molecule has 2 aromatic rings. The highest BCUT2D eigenvalue weighted by atomic mass is 35.5. The number of nitrogens with two attached hydrogens (primary N) is 1. The summed E-state index contributed by atoms with van der Waals surface area (Å²) in [6.07, 6.45) is 0.785. The first kappa shape index (κ1) is 13.8. The zero-order valence-electron chi connectivity index (χ0n) is 9.91. The maximum absolute atomic E-state index is 6.01. The van der Waals surface area contributed by atoms with Crippen LogP contribution < -0.4 is 11.3 Å². The fraction of sp³-hybridized carbons (Fsp3) is 0.231. The van der Waals surface area contributed by atoms with Crippen molar-refractivity contribution >= 4 is 34.5 Å². The van der Waals surface area contributed by atoms with Gasteiger partial charge in [-0.1, -0.05) is 29.3 Å². The van der Waals surface area contributed by atoms with Crippen molar-refractivity contribution in [2.45, 2.75) is 19.4 Å². The molecule has 0 amide bonds. The first-order valence-corrected chi connectivity index (χ1v) is 7.14. The lowest BCUT2D eigenvalue weighted by Crippen LogP contribution is -2.28. The number of rotatable bonds is 4.